The lowest BCUT2D eigenvalue weighted by atomic mass is 9.96. The van der Waals surface area contributed by atoms with Gasteiger partial charge in [0, 0.05) is 12.8 Å². The van der Waals surface area contributed by atoms with Gasteiger partial charge >= 0.3 is 0 Å². The molecule has 6 aliphatic heterocycles. The predicted molar refractivity (Wildman–Crippen MR) is 114 cm³/mol. The van der Waals surface area contributed by atoms with Crippen LogP contribution in [-0.4, -0.2) is 65.9 Å². The molecule has 7 aliphatic rings. The van der Waals surface area contributed by atoms with E-state index in [2.05, 4.69) is 0 Å². The Morgan fingerprint density at radius 1 is 0.931 bits per heavy atom. The van der Waals surface area contributed by atoms with Crippen LogP contribution in [0.1, 0.15) is 12.8 Å². The minimum Gasteiger partial charge on any atom is -0.473 e. The molecule has 2 unspecified atom stereocenters. The summed E-state index contributed by atoms with van der Waals surface area (Å²) in [7, 11) is 5.69. The smallest absolute Gasteiger partial charge is 0.262 e. The molecule has 2 bridgehead atoms. The van der Waals surface area contributed by atoms with Crippen molar-refractivity contribution >= 4 is 53.1 Å². The highest BCUT2D eigenvalue weighted by atomic mass is 33.7. The molecule has 6 atom stereocenters. The number of hydrogen-bond acceptors (Lipinski definition) is 9. The Morgan fingerprint density at radius 2 is 1.52 bits per heavy atom. The van der Waals surface area contributed by atoms with E-state index in [-0.39, 0.29) is 18.2 Å². The molecular weight excluding hydrogens is 452 g/mol. The number of amides is 2. The average Bonchev–Trinajstić information content (AvgIpc) is 3.15. The van der Waals surface area contributed by atoms with Gasteiger partial charge in [0.15, 0.2) is 9.74 Å². The molecule has 7 rings (SSSR count). The minimum absolute atomic E-state index is 0.185. The summed E-state index contributed by atoms with van der Waals surface area (Å²) in [6.45, 7) is 0. The van der Waals surface area contributed by atoms with Crippen molar-refractivity contribution in [2.75, 3.05) is 0 Å². The van der Waals surface area contributed by atoms with Crippen LogP contribution in [0.3, 0.4) is 0 Å². The molecule has 6 heterocycles. The first kappa shape index (κ1) is 18.8. The predicted octanol–water partition coefficient (Wildman–Crippen LogP) is 1.93. The summed E-state index contributed by atoms with van der Waals surface area (Å²) >= 11 is 0. The number of nitrogens with zero attached hydrogens (tertiary/aromatic N) is 2. The van der Waals surface area contributed by atoms with Crippen molar-refractivity contribution < 1.29 is 24.5 Å². The number of piperazine rings is 1. The third-order valence-electron chi connectivity index (χ3n) is 6.30. The number of aliphatic hydroxyl groups is 2. The molecule has 29 heavy (non-hydrogen) atoms. The van der Waals surface area contributed by atoms with Crippen molar-refractivity contribution in [2.24, 2.45) is 0 Å². The van der Waals surface area contributed by atoms with Gasteiger partial charge < -0.3 is 24.7 Å². The van der Waals surface area contributed by atoms with Gasteiger partial charge in [0.05, 0.1) is 36.8 Å². The number of rotatable bonds is 0. The van der Waals surface area contributed by atoms with Crippen molar-refractivity contribution in [3.63, 3.8) is 0 Å². The maximum atomic E-state index is 14.1. The summed E-state index contributed by atoms with van der Waals surface area (Å²) in [4.78, 5) is 29.1. The Kier molecular flexibility index (Phi) is 4.06. The van der Waals surface area contributed by atoms with E-state index in [1.165, 1.54) is 53.6 Å². The van der Waals surface area contributed by atoms with Crippen LogP contribution in [0.4, 0.5) is 0 Å². The van der Waals surface area contributed by atoms with Gasteiger partial charge in [0.25, 0.3) is 11.8 Å². The quantitative estimate of drug-likeness (QED) is 0.518. The molecule has 5 fully saturated rings. The maximum Gasteiger partial charge on any atom is 0.262 e. The summed E-state index contributed by atoms with van der Waals surface area (Å²) in [6, 6.07) is -1.17. The second kappa shape index (κ2) is 6.27. The Labute approximate surface area is 181 Å². The van der Waals surface area contributed by atoms with Crippen LogP contribution in [0.5, 0.6) is 0 Å². The first-order valence-electron chi connectivity index (χ1n) is 9.12. The molecule has 5 saturated heterocycles. The average molecular weight is 469 g/mol. The van der Waals surface area contributed by atoms with Crippen molar-refractivity contribution in [1.29, 1.82) is 0 Å². The van der Waals surface area contributed by atoms with Crippen LogP contribution in [-0.2, 0) is 14.3 Å². The van der Waals surface area contributed by atoms with E-state index in [4.69, 9.17) is 4.74 Å². The number of allylic oxidation sites excluding steroid dienone is 2. The van der Waals surface area contributed by atoms with Crippen molar-refractivity contribution in [3.05, 3.63) is 48.0 Å². The molecule has 7 nitrogen and oxygen atoms in total. The van der Waals surface area contributed by atoms with Crippen LogP contribution >= 0.6 is 41.2 Å². The number of hydrogen-bond donors (Lipinski definition) is 2. The van der Waals surface area contributed by atoms with Crippen molar-refractivity contribution in [1.82, 2.24) is 9.80 Å². The van der Waals surface area contributed by atoms with E-state index in [1.807, 2.05) is 6.08 Å². The minimum atomic E-state index is -1.17. The Hall–Kier alpha value is -0.980. The van der Waals surface area contributed by atoms with Gasteiger partial charge in [-0.2, -0.15) is 0 Å². The second-order valence-electron chi connectivity index (χ2n) is 7.73. The molecule has 152 valence electrons. The third kappa shape index (κ3) is 2.23. The molecule has 1 aliphatic carbocycles. The summed E-state index contributed by atoms with van der Waals surface area (Å²) < 4.78 is 5.37. The molecule has 0 radical (unpaired) electrons. The normalized spacial score (nSPS) is 44.8. The lowest BCUT2D eigenvalue weighted by Gasteiger charge is -2.54. The summed E-state index contributed by atoms with van der Waals surface area (Å²) in [5, 5.41) is 21.4. The molecule has 0 aromatic rings. The van der Waals surface area contributed by atoms with Gasteiger partial charge in [-0.05, 0) is 58.5 Å². The molecule has 11 heteroatoms. The highest BCUT2D eigenvalue weighted by Gasteiger charge is 2.74. The first-order chi connectivity index (χ1) is 14.0. The number of fused-ring (bicyclic) bond motifs is 5. The number of ether oxygens (including phenoxy) is 1. The lowest BCUT2D eigenvalue weighted by Crippen LogP contribution is -2.74. The number of carbonyl (C=O) groups excluding carboxylic acids is 2. The van der Waals surface area contributed by atoms with Gasteiger partial charge in [-0.3, -0.25) is 9.59 Å². The van der Waals surface area contributed by atoms with Crippen LogP contribution in [0.2, 0.25) is 0 Å². The standard InChI is InChI=1S/C18H16N2O5S4/c21-11-3-1-2-9-6-17-15(23)20-14-10(8-25-5-4-12(14)22)7-18(20,27-29-28-26-17)16(24)19(17)13(9)11/h1-5,8,11-14,21-22H,6-7H2/t11-,12-,13?,14?,17+,18+/m0/s1. The SMILES string of the molecule is O=C1N2C3C(=COC=C[C@@H]3O)C[C@]23SSSS[C@]12CC1=CC=C[C@H](O)C1N2C3=O. The highest BCUT2D eigenvalue weighted by Crippen LogP contribution is 2.68. The second-order valence-corrected chi connectivity index (χ2v) is 14.0. The maximum absolute atomic E-state index is 14.1. The van der Waals surface area contributed by atoms with E-state index in [1.54, 1.807) is 28.2 Å². The third-order valence-corrected chi connectivity index (χ3v) is 13.5. The van der Waals surface area contributed by atoms with E-state index in [0.29, 0.717) is 6.42 Å². The van der Waals surface area contributed by atoms with Crippen LogP contribution in [0.25, 0.3) is 0 Å². The molecule has 2 N–H and O–H groups in total. The van der Waals surface area contributed by atoms with Crippen LogP contribution < -0.4 is 0 Å². The van der Waals surface area contributed by atoms with E-state index >= 15 is 0 Å². The first-order valence-corrected chi connectivity index (χ1v) is 13.9. The monoisotopic (exact) mass is 468 g/mol. The van der Waals surface area contributed by atoms with Gasteiger partial charge in [-0.1, -0.05) is 18.2 Å². The molecule has 2 amide bonds. The van der Waals surface area contributed by atoms with Gasteiger partial charge in [0.2, 0.25) is 0 Å². The summed E-state index contributed by atoms with van der Waals surface area (Å²) in [5.41, 5.74) is 1.62. The van der Waals surface area contributed by atoms with E-state index in [0.717, 1.165) is 11.1 Å². The summed E-state index contributed by atoms with van der Waals surface area (Å²) in [5.74, 6) is -0.372. The number of carbonyl (C=O) groups is 2. The van der Waals surface area contributed by atoms with Crippen molar-refractivity contribution in [3.8, 4) is 0 Å². The zero-order chi connectivity index (χ0) is 20.0. The fourth-order valence-corrected chi connectivity index (χ4v) is 12.9. The Morgan fingerprint density at radius 3 is 2.21 bits per heavy atom. The molecular formula is C18H16N2O5S4. The van der Waals surface area contributed by atoms with Gasteiger partial charge in [-0.25, -0.2) is 0 Å². The van der Waals surface area contributed by atoms with E-state index < -0.39 is 34.0 Å². The molecule has 2 spiro atoms. The topological polar surface area (TPSA) is 90.3 Å². The molecule has 0 aromatic heterocycles. The van der Waals surface area contributed by atoms with Gasteiger partial charge in [-0.15, -0.1) is 0 Å². The molecule has 0 aromatic carbocycles. The highest BCUT2D eigenvalue weighted by molar-refractivity contribution is 9.26. The van der Waals surface area contributed by atoms with Crippen LogP contribution in [0, 0.1) is 0 Å². The summed E-state index contributed by atoms with van der Waals surface area (Å²) in [6.07, 6.45) is 8.67. The van der Waals surface area contributed by atoms with E-state index in [9.17, 15) is 19.8 Å². The molecule has 0 saturated carbocycles. The fourth-order valence-electron chi connectivity index (χ4n) is 5.15. The van der Waals surface area contributed by atoms with Crippen molar-refractivity contribution in [2.45, 2.75) is 46.9 Å². The number of aliphatic hydroxyl groups excluding tert-OH is 2. The largest absolute Gasteiger partial charge is 0.473 e. The van der Waals surface area contributed by atoms with Gasteiger partial charge in [0.1, 0.15) is 0 Å². The lowest BCUT2D eigenvalue weighted by molar-refractivity contribution is -0.167. The zero-order valence-electron chi connectivity index (χ0n) is 14.8. The van der Waals surface area contributed by atoms with Crippen LogP contribution in [0.15, 0.2) is 48.0 Å². The Balaban J connectivity index is 1.56. The Bertz CT molecular complexity index is 951. The zero-order valence-corrected chi connectivity index (χ0v) is 18.1. The fraction of sp³-hybridized carbons (Fsp3) is 0.444.